The van der Waals surface area contributed by atoms with Gasteiger partial charge in [-0.2, -0.15) is 0 Å². The number of fused-ring (bicyclic) bond motifs is 2. The van der Waals surface area contributed by atoms with E-state index in [1.807, 2.05) is 6.92 Å². The maximum Gasteiger partial charge on any atom is 0.374 e. The van der Waals surface area contributed by atoms with Crippen LogP contribution in [-0.2, 0) is 9.53 Å². The zero-order valence-corrected chi connectivity index (χ0v) is 16.7. The minimum atomic E-state index is -0.731. The van der Waals surface area contributed by atoms with Crippen LogP contribution in [0.1, 0.15) is 43.2 Å². The van der Waals surface area contributed by atoms with Crippen LogP contribution in [0.4, 0.5) is 5.69 Å². The van der Waals surface area contributed by atoms with Crippen molar-refractivity contribution in [3.05, 3.63) is 52.3 Å². The summed E-state index contributed by atoms with van der Waals surface area (Å²) in [6.07, 6.45) is 5.00. The van der Waals surface area contributed by atoms with Crippen LogP contribution in [0.3, 0.4) is 0 Å². The summed E-state index contributed by atoms with van der Waals surface area (Å²) in [7, 11) is 0. The third-order valence-corrected chi connectivity index (χ3v) is 6.33. The monoisotopic (exact) mass is 412 g/mol. The Morgan fingerprint density at radius 1 is 1.20 bits per heavy atom. The van der Waals surface area contributed by atoms with Gasteiger partial charge in [0.1, 0.15) is 5.76 Å². The number of ether oxygens (including phenoxy) is 1. The molecule has 1 aromatic heterocycles. The van der Waals surface area contributed by atoms with Crippen LogP contribution < -0.4 is 5.32 Å². The predicted octanol–water partition coefficient (Wildman–Crippen LogP) is 3.95. The minimum Gasteiger partial charge on any atom is -0.450 e. The molecule has 1 heterocycles. The number of rotatable bonds is 7. The van der Waals surface area contributed by atoms with Gasteiger partial charge in [0.05, 0.1) is 4.92 Å². The first-order valence-electron chi connectivity index (χ1n) is 10.2. The Morgan fingerprint density at radius 2 is 1.97 bits per heavy atom. The first-order chi connectivity index (χ1) is 14.4. The van der Waals surface area contributed by atoms with Gasteiger partial charge in [0, 0.05) is 23.7 Å². The molecule has 30 heavy (non-hydrogen) atoms. The lowest BCUT2D eigenvalue weighted by Gasteiger charge is -2.28. The second kappa shape index (κ2) is 8.30. The highest BCUT2D eigenvalue weighted by molar-refractivity contribution is 5.89. The summed E-state index contributed by atoms with van der Waals surface area (Å²) in [6, 6.07) is 8.90. The number of nitrogens with zero attached hydrogens (tertiary/aromatic N) is 1. The van der Waals surface area contributed by atoms with E-state index < -0.39 is 10.9 Å². The van der Waals surface area contributed by atoms with Crippen molar-refractivity contribution < 1.29 is 23.7 Å². The highest BCUT2D eigenvalue weighted by Gasteiger charge is 2.42. The van der Waals surface area contributed by atoms with Crippen molar-refractivity contribution in [1.82, 2.24) is 5.32 Å². The maximum atomic E-state index is 12.2. The average molecular weight is 412 g/mol. The maximum absolute atomic E-state index is 12.2. The molecule has 2 saturated carbocycles. The van der Waals surface area contributed by atoms with E-state index in [0.29, 0.717) is 23.2 Å². The van der Waals surface area contributed by atoms with E-state index >= 15 is 0 Å². The molecule has 2 aliphatic carbocycles. The Labute approximate surface area is 173 Å². The SMILES string of the molecule is CC(NC(=O)COC(=O)c1ccc(-c2ccc([N+](=O)[O-])cc2)o1)C1CC2CCC1C2. The molecule has 0 spiro atoms. The van der Waals surface area contributed by atoms with Crippen molar-refractivity contribution in [1.29, 1.82) is 0 Å². The standard InChI is InChI=1S/C22H24N2O6/c1-13(18-11-14-2-3-16(18)10-14)23-21(25)12-29-22(26)20-9-8-19(30-20)15-4-6-17(7-5-15)24(27)28/h4-9,13-14,16,18H,2-3,10-12H2,1H3,(H,23,25). The van der Waals surface area contributed by atoms with Crippen LogP contribution in [0.15, 0.2) is 40.8 Å². The van der Waals surface area contributed by atoms with Crippen LogP contribution in [0, 0.1) is 27.9 Å². The summed E-state index contributed by atoms with van der Waals surface area (Å²) in [4.78, 5) is 34.6. The molecule has 4 rings (SSSR count). The lowest BCUT2D eigenvalue weighted by molar-refractivity contribution is -0.384. The summed E-state index contributed by atoms with van der Waals surface area (Å²) in [6.45, 7) is 1.66. The highest BCUT2D eigenvalue weighted by atomic mass is 16.6. The first kappa shape index (κ1) is 20.1. The molecule has 2 fully saturated rings. The number of amides is 1. The molecule has 1 amide bonds. The van der Waals surface area contributed by atoms with Crippen LogP contribution >= 0.6 is 0 Å². The van der Waals surface area contributed by atoms with Crippen molar-refractivity contribution in [2.45, 2.75) is 38.6 Å². The molecule has 158 valence electrons. The fraction of sp³-hybridized carbons (Fsp3) is 0.455. The van der Waals surface area contributed by atoms with E-state index in [4.69, 9.17) is 9.15 Å². The number of esters is 1. The number of nitro groups is 1. The molecule has 1 aromatic carbocycles. The molecule has 8 heteroatoms. The summed E-state index contributed by atoms with van der Waals surface area (Å²) < 4.78 is 10.6. The summed E-state index contributed by atoms with van der Waals surface area (Å²) in [5, 5.41) is 13.7. The molecule has 2 bridgehead atoms. The van der Waals surface area contributed by atoms with Gasteiger partial charge < -0.3 is 14.5 Å². The summed E-state index contributed by atoms with van der Waals surface area (Å²) in [5.41, 5.74) is 0.563. The Morgan fingerprint density at radius 3 is 2.60 bits per heavy atom. The molecule has 0 aliphatic heterocycles. The predicted molar refractivity (Wildman–Crippen MR) is 108 cm³/mol. The van der Waals surface area contributed by atoms with Crippen molar-refractivity contribution in [3.8, 4) is 11.3 Å². The van der Waals surface area contributed by atoms with Gasteiger partial charge in [-0.05, 0) is 68.2 Å². The Hall–Kier alpha value is -3.16. The molecule has 4 atom stereocenters. The highest BCUT2D eigenvalue weighted by Crippen LogP contribution is 2.49. The number of carbonyl (C=O) groups is 2. The molecule has 8 nitrogen and oxygen atoms in total. The van der Waals surface area contributed by atoms with E-state index in [1.165, 1.54) is 56.0 Å². The van der Waals surface area contributed by atoms with Gasteiger partial charge in [0.15, 0.2) is 6.61 Å². The smallest absolute Gasteiger partial charge is 0.374 e. The Kier molecular flexibility index (Phi) is 5.57. The fourth-order valence-corrected chi connectivity index (χ4v) is 4.86. The molecular formula is C22H24N2O6. The van der Waals surface area contributed by atoms with Gasteiger partial charge in [-0.3, -0.25) is 14.9 Å². The molecule has 1 N–H and O–H groups in total. The van der Waals surface area contributed by atoms with Gasteiger partial charge >= 0.3 is 5.97 Å². The fourth-order valence-electron chi connectivity index (χ4n) is 4.86. The molecule has 0 saturated heterocycles. The largest absolute Gasteiger partial charge is 0.450 e. The van der Waals surface area contributed by atoms with E-state index in [-0.39, 0.29) is 30.0 Å². The van der Waals surface area contributed by atoms with E-state index in [2.05, 4.69) is 5.32 Å². The second-order valence-electron chi connectivity index (χ2n) is 8.24. The molecular weight excluding hydrogens is 388 g/mol. The lowest BCUT2D eigenvalue weighted by atomic mass is 9.84. The Balaban J connectivity index is 1.28. The molecule has 2 aliphatic rings. The van der Waals surface area contributed by atoms with Crippen molar-refractivity contribution in [3.63, 3.8) is 0 Å². The van der Waals surface area contributed by atoms with Crippen molar-refractivity contribution in [2.24, 2.45) is 17.8 Å². The number of hydrogen-bond acceptors (Lipinski definition) is 6. The van der Waals surface area contributed by atoms with E-state index in [1.54, 1.807) is 6.07 Å². The molecule has 4 unspecified atom stereocenters. The van der Waals surface area contributed by atoms with Crippen molar-refractivity contribution in [2.75, 3.05) is 6.61 Å². The molecule has 2 aromatic rings. The number of carbonyl (C=O) groups excluding carboxylic acids is 2. The number of nitro benzene ring substituents is 1. The quantitative estimate of drug-likeness (QED) is 0.419. The summed E-state index contributed by atoms with van der Waals surface area (Å²) >= 11 is 0. The normalized spacial score (nSPS) is 23.2. The van der Waals surface area contributed by atoms with E-state index in [9.17, 15) is 19.7 Å². The topological polar surface area (TPSA) is 112 Å². The first-order valence-corrected chi connectivity index (χ1v) is 10.2. The summed E-state index contributed by atoms with van der Waals surface area (Å²) in [5.74, 6) is 1.32. The van der Waals surface area contributed by atoms with Crippen molar-refractivity contribution >= 4 is 17.6 Å². The number of nitrogens with one attached hydrogen (secondary N) is 1. The van der Waals surface area contributed by atoms with Gasteiger partial charge in [-0.25, -0.2) is 4.79 Å². The van der Waals surface area contributed by atoms with Crippen LogP contribution in [0.2, 0.25) is 0 Å². The number of non-ortho nitro benzene ring substituents is 1. The van der Waals surface area contributed by atoms with Gasteiger partial charge in [0.25, 0.3) is 11.6 Å². The zero-order chi connectivity index (χ0) is 21.3. The van der Waals surface area contributed by atoms with Crippen LogP contribution in [0.5, 0.6) is 0 Å². The average Bonchev–Trinajstić information content (AvgIpc) is 3.49. The van der Waals surface area contributed by atoms with Gasteiger partial charge in [-0.15, -0.1) is 0 Å². The second-order valence-corrected chi connectivity index (χ2v) is 8.24. The Bertz CT molecular complexity index is 951. The molecule has 0 radical (unpaired) electrons. The minimum absolute atomic E-state index is 0.0303. The van der Waals surface area contributed by atoms with Gasteiger partial charge in [0.2, 0.25) is 5.76 Å². The van der Waals surface area contributed by atoms with Crippen LogP contribution in [0.25, 0.3) is 11.3 Å². The third kappa shape index (κ3) is 4.22. The van der Waals surface area contributed by atoms with Gasteiger partial charge in [-0.1, -0.05) is 6.42 Å². The zero-order valence-electron chi connectivity index (χ0n) is 16.7. The van der Waals surface area contributed by atoms with E-state index in [0.717, 1.165) is 5.92 Å². The number of furan rings is 1. The number of benzene rings is 1. The lowest BCUT2D eigenvalue weighted by Crippen LogP contribution is -2.42. The van der Waals surface area contributed by atoms with Crippen LogP contribution in [-0.4, -0.2) is 29.4 Å². The number of hydrogen-bond donors (Lipinski definition) is 1. The third-order valence-electron chi connectivity index (χ3n) is 6.33.